The van der Waals surface area contributed by atoms with Crippen LogP contribution in [0, 0.1) is 11.7 Å². The quantitative estimate of drug-likeness (QED) is 0.278. The molecule has 2 aromatic carbocycles. The lowest BCUT2D eigenvalue weighted by molar-refractivity contribution is -0.137. The van der Waals surface area contributed by atoms with Gasteiger partial charge in [0.05, 0.1) is 11.3 Å². The summed E-state index contributed by atoms with van der Waals surface area (Å²) in [6.07, 6.45) is -3.46. The third-order valence-electron chi connectivity index (χ3n) is 4.44. The number of nitrogens with zero attached hydrogens (tertiary/aromatic N) is 1. The van der Waals surface area contributed by atoms with Gasteiger partial charge in [-0.1, -0.05) is 23.4 Å². The Kier molecular flexibility index (Phi) is 5.68. The van der Waals surface area contributed by atoms with Crippen LogP contribution in [0.1, 0.15) is 30.4 Å². The SMILES string of the molecule is C/C(=N\OCCOc1cccc(C(F)(F)F)c1)C1CC1c1ccc(F)cc1. The Hall–Kier alpha value is -2.57. The lowest BCUT2D eigenvalue weighted by atomic mass is 10.1. The molecule has 2 atom stereocenters. The van der Waals surface area contributed by atoms with Crippen LogP contribution < -0.4 is 4.74 Å². The van der Waals surface area contributed by atoms with Gasteiger partial charge < -0.3 is 9.57 Å². The molecule has 0 radical (unpaired) electrons. The fourth-order valence-electron chi connectivity index (χ4n) is 2.91. The van der Waals surface area contributed by atoms with Crippen molar-refractivity contribution in [1.29, 1.82) is 0 Å². The van der Waals surface area contributed by atoms with E-state index in [2.05, 4.69) is 5.16 Å². The van der Waals surface area contributed by atoms with Crippen LogP contribution in [0.25, 0.3) is 0 Å². The highest BCUT2D eigenvalue weighted by Gasteiger charge is 2.40. The van der Waals surface area contributed by atoms with Crippen molar-refractivity contribution in [2.45, 2.75) is 25.4 Å². The zero-order valence-corrected chi connectivity index (χ0v) is 14.7. The first-order valence-electron chi connectivity index (χ1n) is 8.56. The molecular weight excluding hydrogens is 362 g/mol. The number of benzene rings is 2. The molecule has 1 aliphatic carbocycles. The van der Waals surface area contributed by atoms with Crippen LogP contribution in [0.3, 0.4) is 0 Å². The number of hydrogen-bond acceptors (Lipinski definition) is 3. The normalized spacial score (nSPS) is 19.7. The minimum Gasteiger partial charge on any atom is -0.490 e. The second kappa shape index (κ2) is 7.98. The number of alkyl halides is 3. The molecule has 27 heavy (non-hydrogen) atoms. The van der Waals surface area contributed by atoms with Crippen LogP contribution in [0.2, 0.25) is 0 Å². The van der Waals surface area contributed by atoms with Gasteiger partial charge >= 0.3 is 6.18 Å². The molecule has 0 N–H and O–H groups in total. The van der Waals surface area contributed by atoms with Gasteiger partial charge in [-0.3, -0.25) is 0 Å². The Morgan fingerprint density at radius 1 is 1.11 bits per heavy atom. The number of ether oxygens (including phenoxy) is 1. The fourth-order valence-corrected chi connectivity index (χ4v) is 2.91. The molecule has 3 nitrogen and oxygen atoms in total. The Balaban J connectivity index is 1.42. The van der Waals surface area contributed by atoms with Crippen LogP contribution in [0.4, 0.5) is 17.6 Å². The number of rotatable bonds is 7. The van der Waals surface area contributed by atoms with Gasteiger partial charge in [-0.05, 0) is 55.2 Å². The molecule has 1 aliphatic rings. The van der Waals surface area contributed by atoms with E-state index in [0.717, 1.165) is 29.8 Å². The topological polar surface area (TPSA) is 30.8 Å². The van der Waals surface area contributed by atoms with Crippen LogP contribution >= 0.6 is 0 Å². The van der Waals surface area contributed by atoms with Gasteiger partial charge in [0.2, 0.25) is 0 Å². The van der Waals surface area contributed by atoms with Crippen molar-refractivity contribution >= 4 is 5.71 Å². The van der Waals surface area contributed by atoms with E-state index in [1.54, 1.807) is 12.1 Å². The van der Waals surface area contributed by atoms with Gasteiger partial charge in [-0.25, -0.2) is 4.39 Å². The summed E-state index contributed by atoms with van der Waals surface area (Å²) in [5.41, 5.74) is 1.16. The van der Waals surface area contributed by atoms with Gasteiger partial charge in [0, 0.05) is 5.92 Å². The van der Waals surface area contributed by atoms with Crippen molar-refractivity contribution < 1.29 is 27.1 Å². The second-order valence-corrected chi connectivity index (χ2v) is 6.44. The zero-order valence-electron chi connectivity index (χ0n) is 14.7. The first kappa shape index (κ1) is 19.2. The molecule has 3 rings (SSSR count). The minimum atomic E-state index is -4.40. The number of oxime groups is 1. The van der Waals surface area contributed by atoms with Crippen molar-refractivity contribution in [3.63, 3.8) is 0 Å². The fraction of sp³-hybridized carbons (Fsp3) is 0.350. The Labute approximate surface area is 154 Å². The maximum atomic E-state index is 13.0. The highest BCUT2D eigenvalue weighted by Crippen LogP contribution is 2.48. The summed E-state index contributed by atoms with van der Waals surface area (Å²) in [5, 5.41) is 4.05. The molecule has 144 valence electrons. The molecule has 0 amide bonds. The van der Waals surface area contributed by atoms with Crippen LogP contribution in [0.5, 0.6) is 5.75 Å². The smallest absolute Gasteiger partial charge is 0.416 e. The molecule has 2 unspecified atom stereocenters. The van der Waals surface area contributed by atoms with Gasteiger partial charge in [0.1, 0.15) is 18.2 Å². The van der Waals surface area contributed by atoms with E-state index in [4.69, 9.17) is 9.57 Å². The van der Waals surface area contributed by atoms with Crippen LogP contribution in [-0.4, -0.2) is 18.9 Å². The average Bonchev–Trinajstić information content (AvgIpc) is 3.42. The summed E-state index contributed by atoms with van der Waals surface area (Å²) in [6.45, 7) is 2.08. The van der Waals surface area contributed by atoms with Gasteiger partial charge in [0.25, 0.3) is 0 Å². The summed E-state index contributed by atoms with van der Waals surface area (Å²) in [5.74, 6) is 0.456. The number of hydrogen-bond donors (Lipinski definition) is 0. The summed E-state index contributed by atoms with van der Waals surface area (Å²) < 4.78 is 56.1. The predicted molar refractivity (Wildman–Crippen MR) is 93.2 cm³/mol. The molecule has 0 bridgehead atoms. The van der Waals surface area contributed by atoms with E-state index in [1.807, 2.05) is 6.92 Å². The third-order valence-corrected chi connectivity index (χ3v) is 4.44. The first-order chi connectivity index (χ1) is 12.8. The highest BCUT2D eigenvalue weighted by atomic mass is 19.4. The third kappa shape index (κ3) is 5.21. The second-order valence-electron chi connectivity index (χ2n) is 6.44. The Morgan fingerprint density at radius 2 is 1.85 bits per heavy atom. The molecule has 1 fully saturated rings. The van der Waals surface area contributed by atoms with Crippen molar-refractivity contribution in [1.82, 2.24) is 0 Å². The average molecular weight is 381 g/mol. The van der Waals surface area contributed by atoms with Gasteiger partial charge in [0.15, 0.2) is 6.61 Å². The zero-order chi connectivity index (χ0) is 19.4. The molecule has 7 heteroatoms. The van der Waals surface area contributed by atoms with Gasteiger partial charge in [-0.15, -0.1) is 0 Å². The molecule has 0 saturated heterocycles. The maximum Gasteiger partial charge on any atom is 0.416 e. The van der Waals surface area contributed by atoms with E-state index in [0.29, 0.717) is 5.92 Å². The first-order valence-corrected chi connectivity index (χ1v) is 8.56. The lowest BCUT2D eigenvalue weighted by Crippen LogP contribution is -2.08. The van der Waals surface area contributed by atoms with Crippen molar-refractivity contribution in [2.24, 2.45) is 11.1 Å². The predicted octanol–water partition coefficient (Wildman–Crippen LogP) is 5.42. The van der Waals surface area contributed by atoms with E-state index in [-0.39, 0.29) is 30.7 Å². The highest BCUT2D eigenvalue weighted by molar-refractivity contribution is 5.87. The molecule has 0 aliphatic heterocycles. The molecule has 0 aromatic heterocycles. The Bertz CT molecular complexity index is 802. The van der Waals surface area contributed by atoms with Crippen LogP contribution in [-0.2, 0) is 11.0 Å². The molecule has 1 saturated carbocycles. The van der Waals surface area contributed by atoms with Crippen molar-refractivity contribution in [3.8, 4) is 5.75 Å². The summed E-state index contributed by atoms with van der Waals surface area (Å²) >= 11 is 0. The molecular formula is C20H19F4NO2. The largest absolute Gasteiger partial charge is 0.490 e. The van der Waals surface area contributed by atoms with Crippen LogP contribution in [0.15, 0.2) is 53.7 Å². The monoisotopic (exact) mass is 381 g/mol. The lowest BCUT2D eigenvalue weighted by Gasteiger charge is -2.10. The maximum absolute atomic E-state index is 13.0. The van der Waals surface area contributed by atoms with Crippen molar-refractivity contribution in [2.75, 3.05) is 13.2 Å². The van der Waals surface area contributed by atoms with E-state index < -0.39 is 11.7 Å². The molecule has 0 heterocycles. The summed E-state index contributed by atoms with van der Waals surface area (Å²) in [6, 6.07) is 11.1. The van der Waals surface area contributed by atoms with E-state index in [1.165, 1.54) is 24.3 Å². The summed E-state index contributed by atoms with van der Waals surface area (Å²) in [4.78, 5) is 5.20. The van der Waals surface area contributed by atoms with Crippen molar-refractivity contribution in [3.05, 3.63) is 65.5 Å². The minimum absolute atomic E-state index is 0.0874. The standard InChI is InChI=1S/C20H19F4NO2/c1-13(18-12-19(18)14-5-7-16(21)8-6-14)25-27-10-9-26-17-4-2-3-15(11-17)20(22,23)24/h2-8,11,18-19H,9-10,12H2,1H3/b25-13+. The van der Waals surface area contributed by atoms with Gasteiger partial charge in [-0.2, -0.15) is 13.2 Å². The Morgan fingerprint density at radius 3 is 2.56 bits per heavy atom. The number of halogens is 4. The molecule has 0 spiro atoms. The molecule has 2 aromatic rings. The van der Waals surface area contributed by atoms with E-state index >= 15 is 0 Å². The van der Waals surface area contributed by atoms with E-state index in [9.17, 15) is 17.6 Å². The summed E-state index contributed by atoms with van der Waals surface area (Å²) in [7, 11) is 0.